The summed E-state index contributed by atoms with van der Waals surface area (Å²) in [6, 6.07) is 3.63. The molecule has 0 aromatic carbocycles. The maximum atomic E-state index is 13.2. The molecule has 0 bridgehead atoms. The van der Waals surface area contributed by atoms with Crippen LogP contribution < -0.4 is 0 Å². The highest BCUT2D eigenvalue weighted by Gasteiger charge is 2.30. The minimum Gasteiger partial charge on any atom is -0.456 e. The van der Waals surface area contributed by atoms with Crippen molar-refractivity contribution in [2.75, 3.05) is 6.54 Å². The van der Waals surface area contributed by atoms with Gasteiger partial charge in [-0.15, -0.1) is 10.2 Å². The molecular formula is C22H26N8O2. The highest BCUT2D eigenvalue weighted by molar-refractivity contribution is 5.91. The second kappa shape index (κ2) is 7.77. The van der Waals surface area contributed by atoms with E-state index in [1.165, 1.54) is 0 Å². The second-order valence-electron chi connectivity index (χ2n) is 8.17. The minimum atomic E-state index is -0.116. The summed E-state index contributed by atoms with van der Waals surface area (Å²) in [5.74, 6) is 1.71. The fraction of sp³-hybridized carbons (Fsp3) is 0.409. The van der Waals surface area contributed by atoms with Crippen LogP contribution in [0.4, 0.5) is 0 Å². The summed E-state index contributed by atoms with van der Waals surface area (Å²) < 4.78 is 9.78. The lowest BCUT2D eigenvalue weighted by Gasteiger charge is -2.26. The van der Waals surface area contributed by atoms with Gasteiger partial charge < -0.3 is 13.9 Å². The summed E-state index contributed by atoms with van der Waals surface area (Å²) in [6.07, 6.45) is 3.03. The first-order valence-corrected chi connectivity index (χ1v) is 10.8. The van der Waals surface area contributed by atoms with Crippen molar-refractivity contribution in [2.45, 2.75) is 46.7 Å². The predicted octanol–water partition coefficient (Wildman–Crippen LogP) is 2.42. The molecule has 0 spiro atoms. The first kappa shape index (κ1) is 20.2. The van der Waals surface area contributed by atoms with Crippen LogP contribution in [0.1, 0.15) is 51.4 Å². The lowest BCUT2D eigenvalue weighted by molar-refractivity contribution is 0.0699. The zero-order chi connectivity index (χ0) is 22.4. The average Bonchev–Trinajstić information content (AvgIpc) is 3.57. The maximum Gasteiger partial charge on any atom is 0.289 e. The van der Waals surface area contributed by atoms with E-state index >= 15 is 0 Å². The molecular weight excluding hydrogens is 408 g/mol. The van der Waals surface area contributed by atoms with Crippen molar-refractivity contribution >= 4 is 5.91 Å². The van der Waals surface area contributed by atoms with Gasteiger partial charge in [-0.3, -0.25) is 14.6 Å². The fourth-order valence-electron chi connectivity index (χ4n) is 4.37. The number of carbonyl (C=O) groups is 1. The molecule has 10 nitrogen and oxygen atoms in total. The number of aromatic amines is 1. The molecule has 1 amide bonds. The van der Waals surface area contributed by atoms with Crippen molar-refractivity contribution < 1.29 is 9.21 Å². The van der Waals surface area contributed by atoms with Gasteiger partial charge in [0.25, 0.3) is 5.91 Å². The van der Waals surface area contributed by atoms with Gasteiger partial charge >= 0.3 is 0 Å². The van der Waals surface area contributed by atoms with E-state index in [0.29, 0.717) is 25.3 Å². The standard InChI is InChI=1S/C22H26N8O2/c1-5-29-12-23-26-21(29)20-17-11-30(9-8-18(17)28(4)27-20)22(31)19-7-6-15(32-19)10-16-13(2)24-25-14(16)3/h6-7,12H,5,8-11H2,1-4H3,(H,24,25). The number of fused-ring (bicyclic) bond motifs is 1. The number of furan rings is 1. The predicted molar refractivity (Wildman–Crippen MR) is 116 cm³/mol. The normalized spacial score (nSPS) is 13.6. The van der Waals surface area contributed by atoms with Gasteiger partial charge in [-0.2, -0.15) is 10.2 Å². The highest BCUT2D eigenvalue weighted by atomic mass is 16.4. The molecule has 1 aliphatic heterocycles. The fourth-order valence-corrected chi connectivity index (χ4v) is 4.37. The molecule has 4 aromatic heterocycles. The summed E-state index contributed by atoms with van der Waals surface area (Å²) in [7, 11) is 1.94. The van der Waals surface area contributed by atoms with Crippen LogP contribution in [0.2, 0.25) is 0 Å². The van der Waals surface area contributed by atoms with Gasteiger partial charge in [-0.25, -0.2) is 0 Å². The van der Waals surface area contributed by atoms with Gasteiger partial charge in [0.2, 0.25) is 0 Å². The highest BCUT2D eigenvalue weighted by Crippen LogP contribution is 2.29. The van der Waals surface area contributed by atoms with E-state index in [-0.39, 0.29) is 5.91 Å². The third-order valence-electron chi connectivity index (χ3n) is 6.20. The van der Waals surface area contributed by atoms with E-state index in [0.717, 1.165) is 58.5 Å². The molecule has 32 heavy (non-hydrogen) atoms. The summed E-state index contributed by atoms with van der Waals surface area (Å²) in [5, 5.41) is 20.2. The molecule has 4 aromatic rings. The van der Waals surface area contributed by atoms with Crippen molar-refractivity contribution in [1.82, 2.24) is 39.6 Å². The summed E-state index contributed by atoms with van der Waals surface area (Å²) in [4.78, 5) is 15.1. The number of H-pyrrole nitrogens is 1. The average molecular weight is 435 g/mol. The Balaban J connectivity index is 1.38. The van der Waals surface area contributed by atoms with Gasteiger partial charge in [-0.05, 0) is 32.9 Å². The van der Waals surface area contributed by atoms with E-state index in [4.69, 9.17) is 9.52 Å². The van der Waals surface area contributed by atoms with Gasteiger partial charge in [0.05, 0.1) is 12.2 Å². The quantitative estimate of drug-likeness (QED) is 0.516. The lowest BCUT2D eigenvalue weighted by atomic mass is 10.0. The zero-order valence-electron chi connectivity index (χ0n) is 18.7. The molecule has 0 saturated carbocycles. The number of nitrogens with zero attached hydrogens (tertiary/aromatic N) is 7. The summed E-state index contributed by atoms with van der Waals surface area (Å²) in [6.45, 7) is 7.82. The molecule has 1 aliphatic rings. The number of aryl methyl sites for hydroxylation is 4. The lowest BCUT2D eigenvalue weighted by Crippen LogP contribution is -2.36. The molecule has 0 aliphatic carbocycles. The largest absolute Gasteiger partial charge is 0.456 e. The number of amides is 1. The van der Waals surface area contributed by atoms with Gasteiger partial charge in [0.15, 0.2) is 11.6 Å². The van der Waals surface area contributed by atoms with Gasteiger partial charge in [0.1, 0.15) is 17.8 Å². The Morgan fingerprint density at radius 3 is 2.88 bits per heavy atom. The molecule has 0 atom stereocenters. The number of nitrogens with one attached hydrogen (secondary N) is 1. The first-order valence-electron chi connectivity index (χ1n) is 10.8. The minimum absolute atomic E-state index is 0.116. The van der Waals surface area contributed by atoms with Crippen LogP contribution in [0.15, 0.2) is 22.9 Å². The van der Waals surface area contributed by atoms with E-state index in [2.05, 4.69) is 20.4 Å². The van der Waals surface area contributed by atoms with E-state index in [1.54, 1.807) is 12.4 Å². The number of hydrogen-bond acceptors (Lipinski definition) is 6. The number of hydrogen-bond donors (Lipinski definition) is 1. The molecule has 0 saturated heterocycles. The first-order chi connectivity index (χ1) is 15.5. The number of aromatic nitrogens is 7. The Labute approximate surface area is 185 Å². The third kappa shape index (κ3) is 3.31. The Kier molecular flexibility index (Phi) is 4.91. The molecule has 5 rings (SSSR count). The topological polar surface area (TPSA) is 111 Å². The van der Waals surface area contributed by atoms with Gasteiger partial charge in [0, 0.05) is 55.5 Å². The van der Waals surface area contributed by atoms with E-state index in [9.17, 15) is 4.79 Å². The molecule has 10 heteroatoms. The van der Waals surface area contributed by atoms with Crippen LogP contribution in [0, 0.1) is 13.8 Å². The monoisotopic (exact) mass is 434 g/mol. The zero-order valence-corrected chi connectivity index (χ0v) is 18.7. The van der Waals surface area contributed by atoms with Crippen LogP contribution >= 0.6 is 0 Å². The van der Waals surface area contributed by atoms with E-state index in [1.807, 2.05) is 48.0 Å². The SMILES string of the molecule is CCn1cnnc1-c1nn(C)c2c1CN(C(=O)c1ccc(Cc3c(C)n[nH]c3C)o1)CC2. The smallest absolute Gasteiger partial charge is 0.289 e. The van der Waals surface area contributed by atoms with Crippen molar-refractivity contribution in [1.29, 1.82) is 0 Å². The van der Waals surface area contributed by atoms with Crippen LogP contribution in [-0.4, -0.2) is 52.1 Å². The maximum absolute atomic E-state index is 13.2. The van der Waals surface area contributed by atoms with Crippen molar-refractivity contribution in [3.8, 4) is 11.5 Å². The Morgan fingerprint density at radius 1 is 1.28 bits per heavy atom. The summed E-state index contributed by atoms with van der Waals surface area (Å²) >= 11 is 0. The summed E-state index contributed by atoms with van der Waals surface area (Å²) in [5.41, 5.74) is 5.98. The Hall–Kier alpha value is -3.69. The molecule has 0 radical (unpaired) electrons. The van der Waals surface area contributed by atoms with Crippen LogP contribution in [0.3, 0.4) is 0 Å². The molecule has 5 heterocycles. The Bertz CT molecular complexity index is 1270. The molecule has 0 fully saturated rings. The second-order valence-corrected chi connectivity index (χ2v) is 8.17. The van der Waals surface area contributed by atoms with Crippen LogP contribution in [0.5, 0.6) is 0 Å². The van der Waals surface area contributed by atoms with Crippen LogP contribution in [-0.2, 0) is 33.0 Å². The van der Waals surface area contributed by atoms with Crippen molar-refractivity contribution in [3.05, 3.63) is 58.2 Å². The number of carbonyl (C=O) groups excluding carboxylic acids is 1. The molecule has 0 unspecified atom stereocenters. The van der Waals surface area contributed by atoms with Gasteiger partial charge in [-0.1, -0.05) is 0 Å². The third-order valence-corrected chi connectivity index (χ3v) is 6.20. The van der Waals surface area contributed by atoms with Crippen LogP contribution in [0.25, 0.3) is 11.5 Å². The van der Waals surface area contributed by atoms with Crippen molar-refractivity contribution in [2.24, 2.45) is 7.05 Å². The van der Waals surface area contributed by atoms with Crippen molar-refractivity contribution in [3.63, 3.8) is 0 Å². The molecule has 166 valence electrons. The van der Waals surface area contributed by atoms with E-state index < -0.39 is 0 Å². The Morgan fingerprint density at radius 2 is 2.12 bits per heavy atom. The molecule has 1 N–H and O–H groups in total. The number of rotatable bonds is 5.